The second-order valence-electron chi connectivity index (χ2n) is 3.08. The number of hydrogen-bond acceptors (Lipinski definition) is 2. The topological polar surface area (TPSA) is 46.5 Å². The highest BCUT2D eigenvalue weighted by Gasteiger charge is 2.08. The maximum Gasteiger partial charge on any atom is 0.306 e. The summed E-state index contributed by atoms with van der Waals surface area (Å²) in [5.74, 6) is -0.894. The number of carboxylic acid groups (broad SMARTS) is 1. The molecule has 1 unspecified atom stereocenters. The standard InChI is InChI=1S/C9H18O3/c1-8(9(10)11)6-4-3-5-7-12-2/h8H,3-7H2,1-2H3,(H,10,11). The van der Waals surface area contributed by atoms with E-state index in [0.29, 0.717) is 0 Å². The van der Waals surface area contributed by atoms with Crippen LogP contribution in [0.1, 0.15) is 32.6 Å². The zero-order valence-electron chi connectivity index (χ0n) is 7.88. The van der Waals surface area contributed by atoms with Gasteiger partial charge in [-0.15, -0.1) is 0 Å². The van der Waals surface area contributed by atoms with Crippen LogP contribution < -0.4 is 0 Å². The fourth-order valence-electron chi connectivity index (χ4n) is 0.997. The molecule has 1 atom stereocenters. The molecule has 1 N–H and O–H groups in total. The van der Waals surface area contributed by atoms with Crippen molar-refractivity contribution in [1.29, 1.82) is 0 Å². The van der Waals surface area contributed by atoms with E-state index in [1.165, 1.54) is 0 Å². The van der Waals surface area contributed by atoms with E-state index in [-0.39, 0.29) is 5.92 Å². The van der Waals surface area contributed by atoms with E-state index in [2.05, 4.69) is 0 Å². The summed E-state index contributed by atoms with van der Waals surface area (Å²) in [7, 11) is 1.68. The van der Waals surface area contributed by atoms with Crippen molar-refractivity contribution in [1.82, 2.24) is 0 Å². The molecule has 0 bridgehead atoms. The third-order valence-corrected chi connectivity index (χ3v) is 1.91. The Morgan fingerprint density at radius 3 is 2.58 bits per heavy atom. The maximum atomic E-state index is 10.4. The van der Waals surface area contributed by atoms with E-state index in [9.17, 15) is 4.79 Å². The van der Waals surface area contributed by atoms with E-state index in [1.54, 1.807) is 14.0 Å². The monoisotopic (exact) mass is 174 g/mol. The lowest BCUT2D eigenvalue weighted by Crippen LogP contribution is -2.08. The predicted molar refractivity (Wildman–Crippen MR) is 47.1 cm³/mol. The smallest absolute Gasteiger partial charge is 0.306 e. The largest absolute Gasteiger partial charge is 0.481 e. The van der Waals surface area contributed by atoms with Crippen LogP contribution in [0.4, 0.5) is 0 Å². The third kappa shape index (κ3) is 6.16. The van der Waals surface area contributed by atoms with Crippen LogP contribution in [0, 0.1) is 5.92 Å². The minimum absolute atomic E-state index is 0.201. The van der Waals surface area contributed by atoms with Crippen molar-refractivity contribution < 1.29 is 14.6 Å². The first-order valence-corrected chi connectivity index (χ1v) is 4.40. The molecule has 0 aliphatic rings. The van der Waals surface area contributed by atoms with Gasteiger partial charge in [0.15, 0.2) is 0 Å². The molecular weight excluding hydrogens is 156 g/mol. The Balaban J connectivity index is 3.14. The number of methoxy groups -OCH3 is 1. The summed E-state index contributed by atoms with van der Waals surface area (Å²) < 4.78 is 4.88. The van der Waals surface area contributed by atoms with Gasteiger partial charge in [-0.1, -0.05) is 19.8 Å². The number of unbranched alkanes of at least 4 members (excludes halogenated alkanes) is 2. The van der Waals surface area contributed by atoms with Crippen molar-refractivity contribution in [2.45, 2.75) is 32.6 Å². The van der Waals surface area contributed by atoms with Crippen molar-refractivity contribution in [3.63, 3.8) is 0 Å². The summed E-state index contributed by atoms with van der Waals surface area (Å²) in [6.45, 7) is 2.53. The van der Waals surface area contributed by atoms with Crippen molar-refractivity contribution in [3.8, 4) is 0 Å². The quantitative estimate of drug-likeness (QED) is 0.600. The van der Waals surface area contributed by atoms with E-state index < -0.39 is 5.97 Å². The molecule has 0 spiro atoms. The first kappa shape index (κ1) is 11.4. The highest BCUT2D eigenvalue weighted by Crippen LogP contribution is 2.08. The van der Waals surface area contributed by atoms with Crippen molar-refractivity contribution >= 4 is 5.97 Å². The number of ether oxygens (including phenoxy) is 1. The van der Waals surface area contributed by atoms with Gasteiger partial charge in [0, 0.05) is 13.7 Å². The summed E-state index contributed by atoms with van der Waals surface area (Å²) in [6.07, 6.45) is 3.85. The molecule has 0 aromatic carbocycles. The summed E-state index contributed by atoms with van der Waals surface area (Å²) in [5.41, 5.74) is 0. The Labute approximate surface area is 73.7 Å². The average molecular weight is 174 g/mol. The van der Waals surface area contributed by atoms with E-state index >= 15 is 0 Å². The van der Waals surface area contributed by atoms with Gasteiger partial charge in [0.2, 0.25) is 0 Å². The lowest BCUT2D eigenvalue weighted by atomic mass is 10.0. The van der Waals surface area contributed by atoms with Gasteiger partial charge in [-0.05, 0) is 12.8 Å². The molecule has 0 fully saturated rings. The summed E-state index contributed by atoms with van der Waals surface area (Å²) in [6, 6.07) is 0. The van der Waals surface area contributed by atoms with Crippen LogP contribution in [0.25, 0.3) is 0 Å². The zero-order valence-corrected chi connectivity index (χ0v) is 7.88. The molecule has 0 heterocycles. The second kappa shape index (κ2) is 7.10. The molecule has 0 aromatic rings. The molecule has 3 heteroatoms. The highest BCUT2D eigenvalue weighted by molar-refractivity contribution is 5.69. The molecule has 72 valence electrons. The Hall–Kier alpha value is -0.570. The lowest BCUT2D eigenvalue weighted by Gasteiger charge is -2.04. The van der Waals surface area contributed by atoms with Crippen molar-refractivity contribution in [2.75, 3.05) is 13.7 Å². The fourth-order valence-corrected chi connectivity index (χ4v) is 0.997. The second-order valence-corrected chi connectivity index (χ2v) is 3.08. The highest BCUT2D eigenvalue weighted by atomic mass is 16.5. The zero-order chi connectivity index (χ0) is 9.40. The van der Waals surface area contributed by atoms with Gasteiger partial charge in [-0.25, -0.2) is 0 Å². The molecule has 0 amide bonds. The first-order chi connectivity index (χ1) is 5.68. The van der Waals surface area contributed by atoms with Crippen LogP contribution in [-0.4, -0.2) is 24.8 Å². The van der Waals surface area contributed by atoms with Crippen LogP contribution in [0.2, 0.25) is 0 Å². The van der Waals surface area contributed by atoms with Gasteiger partial charge in [0.05, 0.1) is 5.92 Å². The fraction of sp³-hybridized carbons (Fsp3) is 0.889. The molecule has 0 aliphatic carbocycles. The lowest BCUT2D eigenvalue weighted by molar-refractivity contribution is -0.141. The Morgan fingerprint density at radius 1 is 1.42 bits per heavy atom. The van der Waals surface area contributed by atoms with Gasteiger partial charge >= 0.3 is 5.97 Å². The molecule has 0 saturated carbocycles. The molecule has 0 saturated heterocycles. The Bertz CT molecular complexity index is 123. The van der Waals surface area contributed by atoms with Crippen molar-refractivity contribution in [3.05, 3.63) is 0 Å². The molecule has 0 rings (SSSR count). The van der Waals surface area contributed by atoms with Crippen molar-refractivity contribution in [2.24, 2.45) is 5.92 Å². The number of aliphatic carboxylic acids is 1. The van der Waals surface area contributed by atoms with Crippen LogP contribution in [0.3, 0.4) is 0 Å². The maximum absolute atomic E-state index is 10.4. The summed E-state index contributed by atoms with van der Waals surface area (Å²) in [5, 5.41) is 8.56. The van der Waals surface area contributed by atoms with E-state index in [1.807, 2.05) is 0 Å². The molecule has 0 aromatic heterocycles. The number of hydrogen-bond donors (Lipinski definition) is 1. The van der Waals surface area contributed by atoms with Gasteiger partial charge in [0.25, 0.3) is 0 Å². The minimum Gasteiger partial charge on any atom is -0.481 e. The molecule has 12 heavy (non-hydrogen) atoms. The molecule has 0 aliphatic heterocycles. The van der Waals surface area contributed by atoms with E-state index in [4.69, 9.17) is 9.84 Å². The minimum atomic E-state index is -0.693. The predicted octanol–water partition coefficient (Wildman–Crippen LogP) is 1.91. The molecule has 0 radical (unpaired) electrons. The van der Waals surface area contributed by atoms with Crippen LogP contribution in [0.15, 0.2) is 0 Å². The van der Waals surface area contributed by atoms with Crippen LogP contribution in [0.5, 0.6) is 0 Å². The Kier molecular flexibility index (Phi) is 6.76. The van der Waals surface area contributed by atoms with Crippen LogP contribution in [-0.2, 0) is 9.53 Å². The van der Waals surface area contributed by atoms with E-state index in [0.717, 1.165) is 32.3 Å². The van der Waals surface area contributed by atoms with Gasteiger partial charge in [-0.3, -0.25) is 4.79 Å². The van der Waals surface area contributed by atoms with Gasteiger partial charge in [0.1, 0.15) is 0 Å². The number of carboxylic acids is 1. The summed E-state index contributed by atoms with van der Waals surface area (Å²) in [4.78, 5) is 10.4. The first-order valence-electron chi connectivity index (χ1n) is 4.40. The Morgan fingerprint density at radius 2 is 2.08 bits per heavy atom. The number of rotatable bonds is 7. The normalized spacial score (nSPS) is 12.8. The molecular formula is C9H18O3. The molecule has 3 nitrogen and oxygen atoms in total. The van der Waals surface area contributed by atoms with Crippen LogP contribution >= 0.6 is 0 Å². The third-order valence-electron chi connectivity index (χ3n) is 1.91. The van der Waals surface area contributed by atoms with Gasteiger partial charge in [-0.2, -0.15) is 0 Å². The number of carbonyl (C=O) groups is 1. The SMILES string of the molecule is COCCCCCC(C)C(=O)O. The average Bonchev–Trinajstić information content (AvgIpc) is 2.03. The van der Waals surface area contributed by atoms with Gasteiger partial charge < -0.3 is 9.84 Å². The summed E-state index contributed by atoms with van der Waals surface area (Å²) >= 11 is 0.